The Labute approximate surface area is 218 Å². The molecule has 0 fully saturated rings. The topological polar surface area (TPSA) is 18.5 Å². The average molecular weight is 483 g/mol. The Kier molecular flexibility index (Phi) is 5.11. The second-order valence-corrected chi connectivity index (χ2v) is 10.4. The molecular formula is C35H30O2. The van der Waals surface area contributed by atoms with Crippen molar-refractivity contribution < 1.29 is 9.47 Å². The lowest BCUT2D eigenvalue weighted by Gasteiger charge is -2.40. The van der Waals surface area contributed by atoms with Crippen LogP contribution in [-0.4, -0.2) is 7.11 Å². The molecule has 0 radical (unpaired) electrons. The van der Waals surface area contributed by atoms with E-state index in [0.717, 1.165) is 42.7 Å². The minimum Gasteiger partial charge on any atom is -0.497 e. The van der Waals surface area contributed by atoms with Crippen LogP contribution < -0.4 is 9.47 Å². The Morgan fingerprint density at radius 1 is 0.784 bits per heavy atom. The van der Waals surface area contributed by atoms with E-state index in [4.69, 9.17) is 9.47 Å². The number of fused-ring (bicyclic) bond motifs is 8. The normalized spacial score (nSPS) is 19.7. The molecule has 2 aliphatic carbocycles. The minimum absolute atomic E-state index is 0.649. The molecule has 0 amide bonds. The van der Waals surface area contributed by atoms with E-state index in [-0.39, 0.29) is 0 Å². The van der Waals surface area contributed by atoms with Crippen molar-refractivity contribution in [3.8, 4) is 22.6 Å². The maximum absolute atomic E-state index is 7.35. The van der Waals surface area contributed by atoms with Gasteiger partial charge in [0.1, 0.15) is 11.5 Å². The van der Waals surface area contributed by atoms with Crippen molar-refractivity contribution in [2.75, 3.05) is 7.11 Å². The molecule has 2 heteroatoms. The summed E-state index contributed by atoms with van der Waals surface area (Å²) in [7, 11) is 1.71. The van der Waals surface area contributed by atoms with E-state index in [1.54, 1.807) is 7.11 Å². The van der Waals surface area contributed by atoms with Crippen molar-refractivity contribution in [2.24, 2.45) is 0 Å². The standard InChI is InChI=1S/C35H30O2/c1-23-11-14-25(15-12-23)35(26-16-18-27(36-2)19-17-26)22-21-31-29-9-5-6-10-30(29)33-28-8-4-3-7-24(28)13-20-32(33)34(31)37-35/h3-11,14,16-19,21-22H,12-13,15,20H2,1-2H3. The summed E-state index contributed by atoms with van der Waals surface area (Å²) in [5, 5.41) is 2.56. The number of allylic oxidation sites excluding steroid dienone is 3. The van der Waals surface area contributed by atoms with Crippen LogP contribution in [0.25, 0.3) is 28.0 Å². The third kappa shape index (κ3) is 3.39. The number of methoxy groups -OCH3 is 1. The van der Waals surface area contributed by atoms with Crippen molar-refractivity contribution in [1.29, 1.82) is 0 Å². The Morgan fingerprint density at radius 2 is 1.57 bits per heavy atom. The van der Waals surface area contributed by atoms with Crippen molar-refractivity contribution in [3.05, 3.63) is 124 Å². The third-order valence-corrected chi connectivity index (χ3v) is 8.34. The number of hydrogen-bond acceptors (Lipinski definition) is 2. The van der Waals surface area contributed by atoms with E-state index in [1.165, 1.54) is 49.7 Å². The Morgan fingerprint density at radius 3 is 2.35 bits per heavy atom. The first-order chi connectivity index (χ1) is 18.2. The molecule has 3 aliphatic rings. The average Bonchev–Trinajstić information content (AvgIpc) is 2.97. The van der Waals surface area contributed by atoms with Gasteiger partial charge in [-0.3, -0.25) is 0 Å². The van der Waals surface area contributed by atoms with E-state index in [9.17, 15) is 0 Å². The van der Waals surface area contributed by atoms with Gasteiger partial charge in [-0.15, -0.1) is 0 Å². The molecule has 1 unspecified atom stereocenters. The SMILES string of the molecule is COc1ccc(C2(C3=CC=C(C)CC3)C=Cc3c(c4c(c5ccccc35)-c3ccccc3CC4)O2)cc1. The highest BCUT2D eigenvalue weighted by atomic mass is 16.5. The van der Waals surface area contributed by atoms with Gasteiger partial charge in [-0.1, -0.05) is 78.4 Å². The van der Waals surface area contributed by atoms with Crippen LogP contribution in [-0.2, 0) is 18.4 Å². The van der Waals surface area contributed by atoms with Crippen molar-refractivity contribution >= 4 is 16.8 Å². The Hall–Kier alpha value is -4.04. The summed E-state index contributed by atoms with van der Waals surface area (Å²) < 4.78 is 12.8. The van der Waals surface area contributed by atoms with Gasteiger partial charge in [-0.25, -0.2) is 0 Å². The van der Waals surface area contributed by atoms with Crippen molar-refractivity contribution in [2.45, 2.75) is 38.2 Å². The summed E-state index contributed by atoms with van der Waals surface area (Å²) in [6.07, 6.45) is 13.2. The fourth-order valence-corrected chi connectivity index (χ4v) is 6.37. The highest BCUT2D eigenvalue weighted by Crippen LogP contribution is 2.52. The summed E-state index contributed by atoms with van der Waals surface area (Å²) in [5.74, 6) is 1.89. The fraction of sp³-hybridized carbons (Fsp3) is 0.200. The van der Waals surface area contributed by atoms with Crippen molar-refractivity contribution in [1.82, 2.24) is 0 Å². The lowest BCUT2D eigenvalue weighted by atomic mass is 9.76. The van der Waals surface area contributed by atoms with E-state index in [2.05, 4.69) is 91.9 Å². The molecule has 0 saturated carbocycles. The zero-order valence-electron chi connectivity index (χ0n) is 21.4. The number of hydrogen-bond donors (Lipinski definition) is 0. The molecular weight excluding hydrogens is 452 g/mol. The summed E-state index contributed by atoms with van der Waals surface area (Å²) in [5.41, 5.74) is 9.81. The molecule has 1 atom stereocenters. The zero-order valence-corrected chi connectivity index (χ0v) is 21.4. The van der Waals surface area contributed by atoms with Gasteiger partial charge in [-0.2, -0.15) is 0 Å². The summed E-state index contributed by atoms with van der Waals surface area (Å²) >= 11 is 0. The van der Waals surface area contributed by atoms with Gasteiger partial charge in [0.2, 0.25) is 0 Å². The molecule has 4 aromatic carbocycles. The first-order valence-electron chi connectivity index (χ1n) is 13.2. The first kappa shape index (κ1) is 22.2. The van der Waals surface area contributed by atoms with Crippen LogP contribution in [0.5, 0.6) is 11.5 Å². The van der Waals surface area contributed by atoms with Gasteiger partial charge in [0, 0.05) is 16.7 Å². The molecule has 1 aliphatic heterocycles. The largest absolute Gasteiger partial charge is 0.497 e. The molecule has 0 N–H and O–H groups in total. The molecule has 2 nitrogen and oxygen atoms in total. The van der Waals surface area contributed by atoms with Gasteiger partial charge in [0.25, 0.3) is 0 Å². The number of ether oxygens (including phenoxy) is 2. The molecule has 0 aromatic heterocycles. The number of rotatable bonds is 3. The molecule has 0 spiro atoms. The van der Waals surface area contributed by atoms with Gasteiger partial charge in [-0.05, 0) is 89.9 Å². The summed E-state index contributed by atoms with van der Waals surface area (Å²) in [6.45, 7) is 2.21. The van der Waals surface area contributed by atoms with E-state index < -0.39 is 5.60 Å². The Balaban J connectivity index is 1.50. The van der Waals surface area contributed by atoms with Gasteiger partial charge in [0.05, 0.1) is 7.11 Å². The lowest BCUT2D eigenvalue weighted by Crippen LogP contribution is -2.36. The molecule has 0 bridgehead atoms. The second-order valence-electron chi connectivity index (χ2n) is 10.4. The molecule has 37 heavy (non-hydrogen) atoms. The maximum atomic E-state index is 7.35. The van der Waals surface area contributed by atoms with E-state index in [1.807, 2.05) is 12.1 Å². The van der Waals surface area contributed by atoms with Gasteiger partial charge in [0.15, 0.2) is 5.60 Å². The number of aryl methyl sites for hydroxylation is 1. The second kappa shape index (κ2) is 8.52. The molecule has 1 heterocycles. The smallest absolute Gasteiger partial charge is 0.174 e. The van der Waals surface area contributed by atoms with Crippen LogP contribution in [0, 0.1) is 0 Å². The zero-order chi connectivity index (χ0) is 25.0. The van der Waals surface area contributed by atoms with E-state index in [0.29, 0.717) is 0 Å². The first-order valence-corrected chi connectivity index (χ1v) is 13.2. The fourth-order valence-electron chi connectivity index (χ4n) is 6.37. The molecule has 7 rings (SSSR count). The Bertz CT molecular complexity index is 1630. The van der Waals surface area contributed by atoms with E-state index >= 15 is 0 Å². The monoisotopic (exact) mass is 482 g/mol. The minimum atomic E-state index is -0.649. The molecule has 0 saturated heterocycles. The van der Waals surface area contributed by atoms with Gasteiger partial charge >= 0.3 is 0 Å². The predicted octanol–water partition coefficient (Wildman–Crippen LogP) is 8.58. The van der Waals surface area contributed by atoms with Crippen LogP contribution >= 0.6 is 0 Å². The highest BCUT2D eigenvalue weighted by molar-refractivity contribution is 6.06. The van der Waals surface area contributed by atoms with Crippen LogP contribution in [0.3, 0.4) is 0 Å². The lowest BCUT2D eigenvalue weighted by molar-refractivity contribution is 0.150. The molecule has 182 valence electrons. The summed E-state index contributed by atoms with van der Waals surface area (Å²) in [4.78, 5) is 0. The van der Waals surface area contributed by atoms with Crippen LogP contribution in [0.2, 0.25) is 0 Å². The predicted molar refractivity (Wildman–Crippen MR) is 152 cm³/mol. The maximum Gasteiger partial charge on any atom is 0.174 e. The van der Waals surface area contributed by atoms with Gasteiger partial charge < -0.3 is 9.47 Å². The van der Waals surface area contributed by atoms with Crippen LogP contribution in [0.1, 0.15) is 42.0 Å². The molecule has 4 aromatic rings. The highest BCUT2D eigenvalue weighted by Gasteiger charge is 2.41. The third-order valence-electron chi connectivity index (χ3n) is 8.34. The summed E-state index contributed by atoms with van der Waals surface area (Å²) in [6, 6.07) is 26.1. The van der Waals surface area contributed by atoms with Crippen molar-refractivity contribution in [3.63, 3.8) is 0 Å². The van der Waals surface area contributed by atoms with Crippen LogP contribution in [0.4, 0.5) is 0 Å². The number of benzene rings is 4. The quantitative estimate of drug-likeness (QED) is 0.291. The van der Waals surface area contributed by atoms with Crippen LogP contribution in [0.15, 0.2) is 102 Å².